The Labute approximate surface area is 127 Å². The van der Waals surface area contributed by atoms with Gasteiger partial charge in [-0.25, -0.2) is 0 Å². The van der Waals surface area contributed by atoms with E-state index in [4.69, 9.17) is 11.6 Å². The SMILES string of the molecule is CCCNCc1ccc(N(CC2CC2)C2CC2)cc1Cl. The van der Waals surface area contributed by atoms with Crippen molar-refractivity contribution in [3.8, 4) is 0 Å². The first-order valence-electron chi connectivity index (χ1n) is 8.03. The molecular weight excluding hydrogens is 268 g/mol. The Morgan fingerprint density at radius 1 is 1.25 bits per heavy atom. The van der Waals surface area contributed by atoms with Gasteiger partial charge in [0.1, 0.15) is 0 Å². The molecule has 0 spiro atoms. The first-order chi connectivity index (χ1) is 9.78. The van der Waals surface area contributed by atoms with Crippen LogP contribution in [0.2, 0.25) is 5.02 Å². The molecule has 0 radical (unpaired) electrons. The number of rotatable bonds is 8. The molecule has 2 nitrogen and oxygen atoms in total. The lowest BCUT2D eigenvalue weighted by molar-refractivity contribution is 0.675. The van der Waals surface area contributed by atoms with E-state index in [0.717, 1.165) is 36.5 Å². The smallest absolute Gasteiger partial charge is 0.0471 e. The lowest BCUT2D eigenvalue weighted by atomic mass is 10.1. The molecule has 0 aromatic heterocycles. The minimum Gasteiger partial charge on any atom is -0.368 e. The number of nitrogens with one attached hydrogen (secondary N) is 1. The number of nitrogens with zero attached hydrogens (tertiary/aromatic N) is 1. The third-order valence-corrected chi connectivity index (χ3v) is 4.60. The molecule has 1 aromatic carbocycles. The van der Waals surface area contributed by atoms with Gasteiger partial charge >= 0.3 is 0 Å². The lowest BCUT2D eigenvalue weighted by Crippen LogP contribution is -2.28. The van der Waals surface area contributed by atoms with Crippen LogP contribution >= 0.6 is 11.6 Å². The topological polar surface area (TPSA) is 15.3 Å². The summed E-state index contributed by atoms with van der Waals surface area (Å²) in [7, 11) is 0. The second-order valence-electron chi connectivity index (χ2n) is 6.28. The molecule has 0 heterocycles. The first-order valence-corrected chi connectivity index (χ1v) is 8.41. The molecule has 0 bridgehead atoms. The number of anilines is 1. The quantitative estimate of drug-likeness (QED) is 0.722. The summed E-state index contributed by atoms with van der Waals surface area (Å²) in [4.78, 5) is 2.59. The van der Waals surface area contributed by atoms with Crippen molar-refractivity contribution in [1.29, 1.82) is 0 Å². The van der Waals surface area contributed by atoms with Crippen LogP contribution in [-0.2, 0) is 6.54 Å². The van der Waals surface area contributed by atoms with Gasteiger partial charge < -0.3 is 10.2 Å². The van der Waals surface area contributed by atoms with Crippen molar-refractivity contribution >= 4 is 17.3 Å². The molecule has 0 amide bonds. The van der Waals surface area contributed by atoms with Crippen LogP contribution in [0.25, 0.3) is 0 Å². The van der Waals surface area contributed by atoms with E-state index in [2.05, 4.69) is 35.3 Å². The van der Waals surface area contributed by atoms with Gasteiger partial charge in [0.05, 0.1) is 0 Å². The van der Waals surface area contributed by atoms with Crippen molar-refractivity contribution < 1.29 is 0 Å². The summed E-state index contributed by atoms with van der Waals surface area (Å²) in [6, 6.07) is 7.40. The van der Waals surface area contributed by atoms with Crippen LogP contribution in [0.15, 0.2) is 18.2 Å². The van der Waals surface area contributed by atoms with Gasteiger partial charge in [0.2, 0.25) is 0 Å². The van der Waals surface area contributed by atoms with Crippen LogP contribution in [0.5, 0.6) is 0 Å². The van der Waals surface area contributed by atoms with Gasteiger partial charge in [-0.05, 0) is 62.3 Å². The molecule has 0 unspecified atom stereocenters. The molecule has 2 aliphatic carbocycles. The van der Waals surface area contributed by atoms with E-state index in [1.165, 1.54) is 43.5 Å². The third kappa shape index (κ3) is 3.67. The fraction of sp³-hybridized carbons (Fsp3) is 0.647. The van der Waals surface area contributed by atoms with Crippen molar-refractivity contribution in [2.75, 3.05) is 18.0 Å². The van der Waals surface area contributed by atoms with E-state index < -0.39 is 0 Å². The maximum atomic E-state index is 6.46. The largest absolute Gasteiger partial charge is 0.368 e. The number of hydrogen-bond donors (Lipinski definition) is 1. The second-order valence-corrected chi connectivity index (χ2v) is 6.69. The van der Waals surface area contributed by atoms with Crippen molar-refractivity contribution in [2.45, 2.75) is 51.6 Å². The summed E-state index contributed by atoms with van der Waals surface area (Å²) in [5.41, 5.74) is 2.54. The van der Waals surface area contributed by atoms with E-state index in [9.17, 15) is 0 Å². The van der Waals surface area contributed by atoms with Crippen molar-refractivity contribution in [3.63, 3.8) is 0 Å². The number of hydrogen-bond acceptors (Lipinski definition) is 2. The number of halogens is 1. The second kappa shape index (κ2) is 6.36. The molecular formula is C17H25ClN2. The molecule has 0 atom stereocenters. The minimum absolute atomic E-state index is 0.774. The first kappa shape index (κ1) is 14.2. The summed E-state index contributed by atoms with van der Waals surface area (Å²) < 4.78 is 0. The van der Waals surface area contributed by atoms with Gasteiger partial charge in [0.25, 0.3) is 0 Å². The minimum atomic E-state index is 0.774. The normalized spacial score (nSPS) is 18.3. The standard InChI is InChI=1S/C17H25ClN2/c1-2-9-19-11-14-5-6-16(10-17(14)18)20(15-7-8-15)12-13-3-4-13/h5-6,10,13,15,19H,2-4,7-9,11-12H2,1H3. The van der Waals surface area contributed by atoms with Crippen LogP contribution in [0.3, 0.4) is 0 Å². The Morgan fingerprint density at radius 3 is 2.65 bits per heavy atom. The number of benzene rings is 1. The maximum absolute atomic E-state index is 6.46. The van der Waals surface area contributed by atoms with Gasteiger partial charge in [-0.1, -0.05) is 24.6 Å². The Balaban J connectivity index is 1.67. The Morgan fingerprint density at radius 2 is 2.05 bits per heavy atom. The Bertz CT molecular complexity index is 452. The van der Waals surface area contributed by atoms with E-state index >= 15 is 0 Å². The molecule has 0 saturated heterocycles. The van der Waals surface area contributed by atoms with Crippen LogP contribution in [-0.4, -0.2) is 19.1 Å². The molecule has 1 N–H and O–H groups in total. The summed E-state index contributed by atoms with van der Waals surface area (Å²) in [5.74, 6) is 0.931. The van der Waals surface area contributed by atoms with Crippen molar-refractivity contribution in [1.82, 2.24) is 5.32 Å². The predicted octanol–water partition coefficient (Wildman–Crippen LogP) is 4.22. The van der Waals surface area contributed by atoms with Gasteiger partial charge in [-0.3, -0.25) is 0 Å². The van der Waals surface area contributed by atoms with E-state index in [1.54, 1.807) is 0 Å². The predicted molar refractivity (Wildman–Crippen MR) is 86.5 cm³/mol. The van der Waals surface area contributed by atoms with E-state index in [-0.39, 0.29) is 0 Å². The molecule has 110 valence electrons. The fourth-order valence-electron chi connectivity index (χ4n) is 2.69. The zero-order valence-electron chi connectivity index (χ0n) is 12.4. The molecule has 2 fully saturated rings. The highest BCUT2D eigenvalue weighted by Crippen LogP contribution is 2.38. The lowest BCUT2D eigenvalue weighted by Gasteiger charge is -2.25. The van der Waals surface area contributed by atoms with Gasteiger partial charge in [-0.15, -0.1) is 0 Å². The van der Waals surface area contributed by atoms with Crippen LogP contribution in [0.4, 0.5) is 5.69 Å². The third-order valence-electron chi connectivity index (χ3n) is 4.25. The van der Waals surface area contributed by atoms with Gasteiger partial charge in [0, 0.05) is 29.8 Å². The van der Waals surface area contributed by atoms with Crippen molar-refractivity contribution in [2.24, 2.45) is 5.92 Å². The molecule has 2 aliphatic rings. The summed E-state index contributed by atoms with van der Waals surface area (Å²) >= 11 is 6.46. The molecule has 3 heteroatoms. The van der Waals surface area contributed by atoms with E-state index in [1.807, 2.05) is 0 Å². The highest BCUT2D eigenvalue weighted by Gasteiger charge is 2.33. The maximum Gasteiger partial charge on any atom is 0.0471 e. The van der Waals surface area contributed by atoms with Crippen molar-refractivity contribution in [3.05, 3.63) is 28.8 Å². The Kier molecular flexibility index (Phi) is 4.52. The summed E-state index contributed by atoms with van der Waals surface area (Å²) in [6.45, 7) is 5.34. The summed E-state index contributed by atoms with van der Waals surface area (Å²) in [6.07, 6.45) is 6.69. The van der Waals surface area contributed by atoms with Crippen LogP contribution in [0.1, 0.15) is 44.6 Å². The van der Waals surface area contributed by atoms with Gasteiger partial charge in [-0.2, -0.15) is 0 Å². The average Bonchev–Trinajstić information content (AvgIpc) is 3.31. The highest BCUT2D eigenvalue weighted by atomic mass is 35.5. The zero-order valence-corrected chi connectivity index (χ0v) is 13.1. The van der Waals surface area contributed by atoms with Gasteiger partial charge in [0.15, 0.2) is 0 Å². The average molecular weight is 293 g/mol. The zero-order chi connectivity index (χ0) is 13.9. The molecule has 2 saturated carbocycles. The Hall–Kier alpha value is -0.730. The highest BCUT2D eigenvalue weighted by molar-refractivity contribution is 6.31. The van der Waals surface area contributed by atoms with Crippen LogP contribution < -0.4 is 10.2 Å². The molecule has 3 rings (SSSR count). The fourth-order valence-corrected chi connectivity index (χ4v) is 2.93. The van der Waals surface area contributed by atoms with E-state index in [0.29, 0.717) is 0 Å². The molecule has 20 heavy (non-hydrogen) atoms. The van der Waals surface area contributed by atoms with Crippen LogP contribution in [0, 0.1) is 5.92 Å². The monoisotopic (exact) mass is 292 g/mol. The summed E-state index contributed by atoms with van der Waals surface area (Å²) in [5, 5.41) is 4.33. The molecule has 0 aliphatic heterocycles. The molecule has 1 aromatic rings.